The van der Waals surface area contributed by atoms with Gasteiger partial charge in [-0.3, -0.25) is 4.79 Å². The standard InChI is InChI=1S/C20H30N2O4/c1-5-15(4)18(19(24)21-17(12-23)11-14(2)3)22-20(25)26-13-16-9-7-6-8-10-16/h6-10,12,14-15,17-18H,5,11,13H2,1-4H3,(H,21,24)(H,22,25)/t15-,17+,18+/m0/s1. The first-order valence-corrected chi connectivity index (χ1v) is 9.10. The molecule has 0 aromatic heterocycles. The number of hydrogen-bond acceptors (Lipinski definition) is 4. The molecule has 0 saturated carbocycles. The van der Waals surface area contributed by atoms with Crippen molar-refractivity contribution >= 4 is 18.3 Å². The van der Waals surface area contributed by atoms with Crippen molar-refractivity contribution in [2.24, 2.45) is 11.8 Å². The molecule has 1 rings (SSSR count). The number of ether oxygens (including phenoxy) is 1. The predicted molar refractivity (Wildman–Crippen MR) is 100 cm³/mol. The van der Waals surface area contributed by atoms with Crippen molar-refractivity contribution in [1.82, 2.24) is 10.6 Å². The maximum atomic E-state index is 12.6. The molecule has 0 spiro atoms. The van der Waals surface area contributed by atoms with E-state index < -0.39 is 18.2 Å². The zero-order chi connectivity index (χ0) is 19.5. The molecule has 2 amide bonds. The molecule has 1 aromatic rings. The molecule has 0 heterocycles. The van der Waals surface area contributed by atoms with Crippen molar-refractivity contribution in [3.05, 3.63) is 35.9 Å². The third kappa shape index (κ3) is 7.68. The maximum absolute atomic E-state index is 12.6. The number of nitrogens with one attached hydrogen (secondary N) is 2. The fourth-order valence-corrected chi connectivity index (χ4v) is 2.52. The Morgan fingerprint density at radius 3 is 2.31 bits per heavy atom. The number of aldehydes is 1. The van der Waals surface area contributed by atoms with Gasteiger partial charge in [0, 0.05) is 0 Å². The molecular weight excluding hydrogens is 332 g/mol. The average Bonchev–Trinajstić information content (AvgIpc) is 2.63. The summed E-state index contributed by atoms with van der Waals surface area (Å²) in [4.78, 5) is 35.9. The second kappa shape index (κ2) is 11.3. The van der Waals surface area contributed by atoms with E-state index in [-0.39, 0.29) is 24.3 Å². The highest BCUT2D eigenvalue weighted by Gasteiger charge is 2.28. The van der Waals surface area contributed by atoms with Crippen molar-refractivity contribution in [3.8, 4) is 0 Å². The molecule has 0 unspecified atom stereocenters. The minimum Gasteiger partial charge on any atom is -0.445 e. The summed E-state index contributed by atoms with van der Waals surface area (Å²) in [6.07, 6.45) is 1.34. The van der Waals surface area contributed by atoms with E-state index in [0.717, 1.165) is 11.8 Å². The SMILES string of the molecule is CC[C@H](C)[C@@H](NC(=O)OCc1ccccc1)C(=O)N[C@@H](C=O)CC(C)C. The monoisotopic (exact) mass is 362 g/mol. The maximum Gasteiger partial charge on any atom is 0.408 e. The highest BCUT2D eigenvalue weighted by molar-refractivity contribution is 5.87. The third-order valence-electron chi connectivity index (χ3n) is 4.20. The van der Waals surface area contributed by atoms with Crippen LogP contribution in [0.1, 0.15) is 46.1 Å². The minimum atomic E-state index is -0.752. The molecule has 0 bridgehead atoms. The number of benzene rings is 1. The molecule has 0 aliphatic heterocycles. The lowest BCUT2D eigenvalue weighted by atomic mass is 9.97. The Bertz CT molecular complexity index is 574. The Morgan fingerprint density at radius 1 is 1.12 bits per heavy atom. The zero-order valence-corrected chi connectivity index (χ0v) is 16.0. The average molecular weight is 362 g/mol. The van der Waals surface area contributed by atoms with E-state index in [1.807, 2.05) is 58.0 Å². The first-order chi connectivity index (χ1) is 12.4. The Hall–Kier alpha value is -2.37. The van der Waals surface area contributed by atoms with Gasteiger partial charge in [0.05, 0.1) is 6.04 Å². The van der Waals surface area contributed by atoms with Crippen molar-refractivity contribution in [1.29, 1.82) is 0 Å². The van der Waals surface area contributed by atoms with Crippen molar-refractivity contribution in [3.63, 3.8) is 0 Å². The molecule has 6 nitrogen and oxygen atoms in total. The van der Waals surface area contributed by atoms with Crippen LogP contribution in [-0.2, 0) is 20.9 Å². The molecule has 144 valence electrons. The summed E-state index contributed by atoms with van der Waals surface area (Å²) >= 11 is 0. The van der Waals surface area contributed by atoms with Crippen LogP contribution in [0.4, 0.5) is 4.79 Å². The second-order valence-corrected chi connectivity index (χ2v) is 6.95. The molecule has 0 fully saturated rings. The predicted octanol–water partition coefficient (Wildman–Crippen LogP) is 3.06. The minimum absolute atomic E-state index is 0.0920. The molecule has 6 heteroatoms. The highest BCUT2D eigenvalue weighted by atomic mass is 16.5. The smallest absolute Gasteiger partial charge is 0.408 e. The molecule has 2 N–H and O–H groups in total. The van der Waals surface area contributed by atoms with Crippen LogP contribution in [0.2, 0.25) is 0 Å². The summed E-state index contributed by atoms with van der Waals surface area (Å²) in [5.41, 5.74) is 0.866. The molecular formula is C20H30N2O4. The van der Waals surface area contributed by atoms with Crippen LogP contribution in [0.25, 0.3) is 0 Å². The molecule has 1 aromatic carbocycles. The van der Waals surface area contributed by atoms with Crippen molar-refractivity contribution in [2.45, 2.75) is 59.2 Å². The molecule has 3 atom stereocenters. The van der Waals surface area contributed by atoms with Gasteiger partial charge in [-0.25, -0.2) is 4.79 Å². The van der Waals surface area contributed by atoms with Gasteiger partial charge in [0.15, 0.2) is 0 Å². The fourth-order valence-electron chi connectivity index (χ4n) is 2.52. The number of rotatable bonds is 10. The van der Waals surface area contributed by atoms with Gasteiger partial charge in [0.2, 0.25) is 5.91 Å². The van der Waals surface area contributed by atoms with Gasteiger partial charge in [0.25, 0.3) is 0 Å². The largest absolute Gasteiger partial charge is 0.445 e. The number of hydrogen-bond donors (Lipinski definition) is 2. The van der Waals surface area contributed by atoms with Gasteiger partial charge >= 0.3 is 6.09 Å². The van der Waals surface area contributed by atoms with E-state index >= 15 is 0 Å². The van der Waals surface area contributed by atoms with E-state index in [4.69, 9.17) is 4.74 Å². The highest BCUT2D eigenvalue weighted by Crippen LogP contribution is 2.10. The third-order valence-corrected chi connectivity index (χ3v) is 4.20. The zero-order valence-electron chi connectivity index (χ0n) is 16.0. The molecule has 0 aliphatic rings. The van der Waals surface area contributed by atoms with Crippen LogP contribution >= 0.6 is 0 Å². The van der Waals surface area contributed by atoms with Gasteiger partial charge in [-0.1, -0.05) is 64.4 Å². The van der Waals surface area contributed by atoms with E-state index in [9.17, 15) is 14.4 Å². The lowest BCUT2D eigenvalue weighted by Gasteiger charge is -2.25. The number of alkyl carbamates (subject to hydrolysis) is 1. The van der Waals surface area contributed by atoms with Crippen LogP contribution in [0, 0.1) is 11.8 Å². The van der Waals surface area contributed by atoms with Gasteiger partial charge in [-0.2, -0.15) is 0 Å². The van der Waals surface area contributed by atoms with E-state index in [2.05, 4.69) is 10.6 Å². The second-order valence-electron chi connectivity index (χ2n) is 6.95. The number of carbonyl (C=O) groups is 3. The van der Waals surface area contributed by atoms with E-state index in [1.165, 1.54) is 0 Å². The van der Waals surface area contributed by atoms with Crippen LogP contribution in [0.15, 0.2) is 30.3 Å². The van der Waals surface area contributed by atoms with Crippen LogP contribution < -0.4 is 10.6 Å². The normalized spacial score (nSPS) is 14.2. The summed E-state index contributed by atoms with van der Waals surface area (Å²) in [6, 6.07) is 8.00. The summed E-state index contributed by atoms with van der Waals surface area (Å²) in [7, 11) is 0. The topological polar surface area (TPSA) is 84.5 Å². The Labute approximate surface area is 155 Å². The molecule has 0 aliphatic carbocycles. The Morgan fingerprint density at radius 2 is 1.77 bits per heavy atom. The number of amides is 2. The molecule has 0 radical (unpaired) electrons. The lowest BCUT2D eigenvalue weighted by molar-refractivity contribution is -0.127. The van der Waals surface area contributed by atoms with Gasteiger partial charge in [-0.05, 0) is 23.8 Å². The first-order valence-electron chi connectivity index (χ1n) is 9.10. The van der Waals surface area contributed by atoms with Gasteiger partial charge in [0.1, 0.15) is 18.9 Å². The number of carbonyl (C=O) groups excluding carboxylic acids is 3. The van der Waals surface area contributed by atoms with Crippen LogP contribution in [-0.4, -0.2) is 30.4 Å². The first kappa shape index (κ1) is 21.7. The Kier molecular flexibility index (Phi) is 9.41. The van der Waals surface area contributed by atoms with Crippen LogP contribution in [0.5, 0.6) is 0 Å². The van der Waals surface area contributed by atoms with Crippen LogP contribution in [0.3, 0.4) is 0 Å². The fraction of sp³-hybridized carbons (Fsp3) is 0.550. The molecule has 0 saturated heterocycles. The van der Waals surface area contributed by atoms with Crippen molar-refractivity contribution in [2.75, 3.05) is 0 Å². The van der Waals surface area contributed by atoms with E-state index in [1.54, 1.807) is 0 Å². The Balaban J connectivity index is 2.65. The molecule has 26 heavy (non-hydrogen) atoms. The quantitative estimate of drug-likeness (QED) is 0.627. The van der Waals surface area contributed by atoms with Crippen molar-refractivity contribution < 1.29 is 19.1 Å². The van der Waals surface area contributed by atoms with Gasteiger partial charge < -0.3 is 20.2 Å². The summed E-state index contributed by atoms with van der Waals surface area (Å²) in [6.45, 7) is 7.90. The lowest BCUT2D eigenvalue weighted by Crippen LogP contribution is -2.53. The summed E-state index contributed by atoms with van der Waals surface area (Å²) in [5.74, 6) is -0.185. The van der Waals surface area contributed by atoms with Gasteiger partial charge in [-0.15, -0.1) is 0 Å². The van der Waals surface area contributed by atoms with E-state index in [0.29, 0.717) is 12.8 Å². The summed E-state index contributed by atoms with van der Waals surface area (Å²) in [5, 5.41) is 5.35. The summed E-state index contributed by atoms with van der Waals surface area (Å²) < 4.78 is 5.20.